The average molecular weight is 418 g/mol. The molecule has 0 radical (unpaired) electrons. The van der Waals surface area contributed by atoms with E-state index in [0.717, 1.165) is 60.7 Å². The van der Waals surface area contributed by atoms with E-state index in [1.165, 1.54) is 0 Å². The quantitative estimate of drug-likeness (QED) is 0.581. The van der Waals surface area contributed by atoms with Crippen LogP contribution in [0.25, 0.3) is 5.69 Å². The molecule has 0 spiro atoms. The molecule has 2 fully saturated rings. The first-order chi connectivity index (χ1) is 15.2. The van der Waals surface area contributed by atoms with E-state index in [1.54, 1.807) is 14.2 Å². The van der Waals surface area contributed by atoms with Crippen LogP contribution in [0.1, 0.15) is 59.4 Å². The molecule has 5 rings (SSSR count). The van der Waals surface area contributed by atoms with Crippen molar-refractivity contribution in [3.8, 4) is 17.2 Å². The van der Waals surface area contributed by atoms with Crippen LogP contribution in [-0.2, 0) is 0 Å². The summed E-state index contributed by atoms with van der Waals surface area (Å²) in [5.74, 6) is 1.99. The summed E-state index contributed by atoms with van der Waals surface area (Å²) in [6, 6.07) is 17.7. The molecule has 31 heavy (non-hydrogen) atoms. The van der Waals surface area contributed by atoms with Gasteiger partial charge in [-0.25, -0.2) is 4.68 Å². The lowest BCUT2D eigenvalue weighted by Crippen LogP contribution is -2.32. The maximum absolute atomic E-state index is 13.8. The van der Waals surface area contributed by atoms with Crippen molar-refractivity contribution in [1.82, 2.24) is 14.7 Å². The summed E-state index contributed by atoms with van der Waals surface area (Å²) in [4.78, 5) is 15.8. The van der Waals surface area contributed by atoms with Crippen molar-refractivity contribution in [3.63, 3.8) is 0 Å². The van der Waals surface area contributed by atoms with Crippen LogP contribution in [0.2, 0.25) is 0 Å². The summed E-state index contributed by atoms with van der Waals surface area (Å²) in [5.41, 5.74) is 3.58. The minimum absolute atomic E-state index is 0.0172. The van der Waals surface area contributed by atoms with Crippen molar-refractivity contribution < 1.29 is 14.3 Å². The smallest absolute Gasteiger partial charge is 0.273 e. The second kappa shape index (κ2) is 8.10. The summed E-state index contributed by atoms with van der Waals surface area (Å²) in [7, 11) is 3.30. The molecule has 160 valence electrons. The Morgan fingerprint density at radius 1 is 1.00 bits per heavy atom. The Morgan fingerprint density at radius 2 is 1.81 bits per heavy atom. The molecule has 2 aromatic carbocycles. The Labute approximate surface area is 182 Å². The fourth-order valence-corrected chi connectivity index (χ4v) is 4.47. The van der Waals surface area contributed by atoms with Gasteiger partial charge < -0.3 is 14.4 Å². The fourth-order valence-electron chi connectivity index (χ4n) is 4.47. The lowest BCUT2D eigenvalue weighted by Gasteiger charge is -2.26. The van der Waals surface area contributed by atoms with Gasteiger partial charge in [-0.05, 0) is 56.0 Å². The van der Waals surface area contributed by atoms with E-state index in [4.69, 9.17) is 14.6 Å². The standard InChI is InChI=1S/C25H27N3O3/c1-30-19-12-13-20(24(15-19)31-2)22-9-6-14-27(22)25(29)23-16-21(17-10-11-17)26-28(23)18-7-4-3-5-8-18/h3-5,7-8,12-13,15-17,22H,6,9-11,14H2,1-2H3/t22-/m1/s1. The number of rotatable bonds is 6. The number of carbonyl (C=O) groups excluding carboxylic acids is 1. The third-order valence-corrected chi connectivity index (χ3v) is 6.26. The van der Waals surface area contributed by atoms with Crippen LogP contribution >= 0.6 is 0 Å². The van der Waals surface area contributed by atoms with Gasteiger partial charge in [0.1, 0.15) is 17.2 Å². The normalized spacial score (nSPS) is 18.3. The van der Waals surface area contributed by atoms with Gasteiger partial charge in [0.2, 0.25) is 0 Å². The molecule has 2 heterocycles. The fraction of sp³-hybridized carbons (Fsp3) is 0.360. The zero-order chi connectivity index (χ0) is 21.4. The van der Waals surface area contributed by atoms with Gasteiger partial charge in [0.25, 0.3) is 5.91 Å². The van der Waals surface area contributed by atoms with Crippen LogP contribution in [0.3, 0.4) is 0 Å². The molecule has 3 aromatic rings. The highest BCUT2D eigenvalue weighted by molar-refractivity contribution is 5.94. The van der Waals surface area contributed by atoms with Crippen molar-refractivity contribution in [2.24, 2.45) is 0 Å². The first-order valence-corrected chi connectivity index (χ1v) is 10.9. The molecular weight excluding hydrogens is 390 g/mol. The number of para-hydroxylation sites is 1. The predicted molar refractivity (Wildman–Crippen MR) is 118 cm³/mol. The number of nitrogens with zero attached hydrogens (tertiary/aromatic N) is 3. The van der Waals surface area contributed by atoms with Crippen molar-refractivity contribution in [1.29, 1.82) is 0 Å². The van der Waals surface area contributed by atoms with Crippen LogP contribution in [0.15, 0.2) is 54.6 Å². The lowest BCUT2D eigenvalue weighted by molar-refractivity contribution is 0.0725. The van der Waals surface area contributed by atoms with E-state index < -0.39 is 0 Å². The van der Waals surface area contributed by atoms with Gasteiger partial charge in [-0.2, -0.15) is 5.10 Å². The van der Waals surface area contributed by atoms with Gasteiger partial charge in [-0.1, -0.05) is 18.2 Å². The van der Waals surface area contributed by atoms with Crippen LogP contribution in [0, 0.1) is 0 Å². The first kappa shape index (κ1) is 19.7. The Bertz CT molecular complexity index is 1090. The summed E-state index contributed by atoms with van der Waals surface area (Å²) < 4.78 is 12.8. The Hall–Kier alpha value is -3.28. The van der Waals surface area contributed by atoms with E-state index in [0.29, 0.717) is 11.6 Å². The Kier molecular flexibility index (Phi) is 5.14. The molecular formula is C25H27N3O3. The Balaban J connectivity index is 1.51. The number of hydrogen-bond donors (Lipinski definition) is 0. The van der Waals surface area contributed by atoms with E-state index >= 15 is 0 Å². The first-order valence-electron chi connectivity index (χ1n) is 10.9. The monoisotopic (exact) mass is 417 g/mol. The van der Waals surface area contributed by atoms with Gasteiger partial charge in [-0.15, -0.1) is 0 Å². The van der Waals surface area contributed by atoms with Crippen LogP contribution < -0.4 is 9.47 Å². The molecule has 0 unspecified atom stereocenters. The largest absolute Gasteiger partial charge is 0.497 e. The van der Waals surface area contributed by atoms with Crippen molar-refractivity contribution in [2.75, 3.05) is 20.8 Å². The highest BCUT2D eigenvalue weighted by atomic mass is 16.5. The lowest BCUT2D eigenvalue weighted by atomic mass is 10.0. The average Bonchev–Trinajstić information content (AvgIpc) is 3.39. The van der Waals surface area contributed by atoms with Gasteiger partial charge in [0.05, 0.1) is 31.6 Å². The van der Waals surface area contributed by atoms with Crippen molar-refractivity contribution >= 4 is 5.91 Å². The van der Waals surface area contributed by atoms with Crippen molar-refractivity contribution in [2.45, 2.75) is 37.6 Å². The highest BCUT2D eigenvalue weighted by Gasteiger charge is 2.36. The molecule has 1 saturated carbocycles. The van der Waals surface area contributed by atoms with Crippen molar-refractivity contribution in [3.05, 3.63) is 71.5 Å². The van der Waals surface area contributed by atoms with Gasteiger partial charge in [0, 0.05) is 24.1 Å². The molecule has 6 heteroatoms. The van der Waals surface area contributed by atoms with Gasteiger partial charge >= 0.3 is 0 Å². The molecule has 1 aromatic heterocycles. The third-order valence-electron chi connectivity index (χ3n) is 6.26. The summed E-state index contributed by atoms with van der Waals surface area (Å²) in [6.45, 7) is 0.720. The molecule has 1 aliphatic heterocycles. The minimum Gasteiger partial charge on any atom is -0.497 e. The van der Waals surface area contributed by atoms with Gasteiger partial charge in [0.15, 0.2) is 0 Å². The molecule has 2 aliphatic rings. The maximum Gasteiger partial charge on any atom is 0.273 e. The van der Waals surface area contributed by atoms with E-state index in [9.17, 15) is 4.79 Å². The number of aromatic nitrogens is 2. The number of likely N-dealkylation sites (tertiary alicyclic amines) is 1. The van der Waals surface area contributed by atoms with Crippen LogP contribution in [0.5, 0.6) is 11.5 Å². The number of carbonyl (C=O) groups is 1. The zero-order valence-corrected chi connectivity index (χ0v) is 18.0. The SMILES string of the molecule is COc1ccc([C@H]2CCCN2C(=O)c2cc(C3CC3)nn2-c2ccccc2)c(OC)c1. The van der Waals surface area contributed by atoms with E-state index in [-0.39, 0.29) is 11.9 Å². The second-order valence-corrected chi connectivity index (χ2v) is 8.24. The van der Waals surface area contributed by atoms with Crippen LogP contribution in [0.4, 0.5) is 0 Å². The van der Waals surface area contributed by atoms with Crippen LogP contribution in [-0.4, -0.2) is 41.4 Å². The third kappa shape index (κ3) is 3.67. The number of methoxy groups -OCH3 is 2. The Morgan fingerprint density at radius 3 is 2.52 bits per heavy atom. The van der Waals surface area contributed by atoms with E-state index in [2.05, 4.69) is 0 Å². The second-order valence-electron chi connectivity index (χ2n) is 8.24. The number of ether oxygens (including phenoxy) is 2. The minimum atomic E-state index is -0.0307. The van der Waals surface area contributed by atoms with Gasteiger partial charge in [-0.3, -0.25) is 4.79 Å². The number of hydrogen-bond acceptors (Lipinski definition) is 4. The predicted octanol–water partition coefficient (Wildman–Crippen LogP) is 4.74. The summed E-state index contributed by atoms with van der Waals surface area (Å²) in [5, 5.41) is 4.82. The zero-order valence-electron chi connectivity index (χ0n) is 18.0. The molecule has 1 amide bonds. The summed E-state index contributed by atoms with van der Waals surface area (Å²) in [6.07, 6.45) is 4.16. The number of amides is 1. The molecule has 1 atom stereocenters. The molecule has 6 nitrogen and oxygen atoms in total. The number of benzene rings is 2. The highest BCUT2D eigenvalue weighted by Crippen LogP contribution is 2.42. The summed E-state index contributed by atoms with van der Waals surface area (Å²) >= 11 is 0. The maximum atomic E-state index is 13.8. The molecule has 1 aliphatic carbocycles. The molecule has 1 saturated heterocycles. The molecule has 0 N–H and O–H groups in total. The topological polar surface area (TPSA) is 56.6 Å². The molecule has 0 bridgehead atoms. The van der Waals surface area contributed by atoms with E-state index in [1.807, 2.05) is 64.2 Å².